The number of allylic oxidation sites excluding steroid dienone is 2. The molecule has 4 rings (SSSR count). The summed E-state index contributed by atoms with van der Waals surface area (Å²) in [6, 6.07) is 6.96. The van der Waals surface area contributed by atoms with E-state index >= 15 is 0 Å². The molecule has 10 heteroatoms. The van der Waals surface area contributed by atoms with Crippen molar-refractivity contribution in [2.45, 2.75) is 13.5 Å². The average Bonchev–Trinajstić information content (AvgIpc) is 3.10. The third-order valence-corrected chi connectivity index (χ3v) is 5.73. The van der Waals surface area contributed by atoms with Crippen molar-refractivity contribution in [1.29, 1.82) is 0 Å². The van der Waals surface area contributed by atoms with Crippen LogP contribution in [0.3, 0.4) is 0 Å². The van der Waals surface area contributed by atoms with Gasteiger partial charge in [-0.05, 0) is 25.1 Å². The van der Waals surface area contributed by atoms with Gasteiger partial charge in [-0.15, -0.1) is 4.40 Å². The van der Waals surface area contributed by atoms with Gasteiger partial charge >= 0.3 is 11.9 Å². The minimum atomic E-state index is -3.64. The van der Waals surface area contributed by atoms with E-state index in [0.29, 0.717) is 16.5 Å². The van der Waals surface area contributed by atoms with Gasteiger partial charge in [-0.25, -0.2) is 18.0 Å². The summed E-state index contributed by atoms with van der Waals surface area (Å²) in [4.78, 5) is 26.6. The Hall–Kier alpha value is -3.40. The summed E-state index contributed by atoms with van der Waals surface area (Å²) >= 11 is 0. The van der Waals surface area contributed by atoms with Crippen LogP contribution in [-0.2, 0) is 30.9 Å². The van der Waals surface area contributed by atoms with Crippen LogP contribution in [0.2, 0.25) is 0 Å². The smallest absolute Gasteiger partial charge is 0.374 e. The van der Waals surface area contributed by atoms with Crippen molar-refractivity contribution in [2.24, 2.45) is 4.40 Å². The van der Waals surface area contributed by atoms with Gasteiger partial charge in [-0.3, -0.25) is 0 Å². The molecule has 0 amide bonds. The molecule has 1 aromatic carbocycles. The van der Waals surface area contributed by atoms with Gasteiger partial charge in [0.1, 0.15) is 17.8 Å². The lowest BCUT2D eigenvalue weighted by atomic mass is 10.1. The number of esters is 2. The topological polar surface area (TPSA) is 115 Å². The van der Waals surface area contributed by atoms with Crippen LogP contribution < -0.4 is 0 Å². The van der Waals surface area contributed by atoms with E-state index in [1.807, 2.05) is 0 Å². The molecule has 0 atom stereocenters. The number of rotatable bonds is 5. The average molecular weight is 430 g/mol. The van der Waals surface area contributed by atoms with Crippen LogP contribution in [0.25, 0.3) is 11.0 Å². The van der Waals surface area contributed by atoms with E-state index in [-0.39, 0.29) is 42.7 Å². The SMILES string of the molecule is CCOC(=O)c1oc2ccccc2c1COC(=O)C1=CC=CN2CCS(=O)(=O)N=C12. The third-order valence-electron chi connectivity index (χ3n) is 4.58. The highest BCUT2D eigenvalue weighted by molar-refractivity contribution is 7.90. The predicted molar refractivity (Wildman–Crippen MR) is 107 cm³/mol. The minimum absolute atomic E-state index is 0.0197. The Morgan fingerprint density at radius 1 is 1.20 bits per heavy atom. The molecule has 0 saturated heterocycles. The maximum absolute atomic E-state index is 12.7. The minimum Gasteiger partial charge on any atom is -0.460 e. The highest BCUT2D eigenvalue weighted by Crippen LogP contribution is 2.28. The summed E-state index contributed by atoms with van der Waals surface area (Å²) in [7, 11) is -3.64. The first-order chi connectivity index (χ1) is 14.4. The number of amidine groups is 1. The van der Waals surface area contributed by atoms with Gasteiger partial charge in [0, 0.05) is 18.1 Å². The van der Waals surface area contributed by atoms with Crippen molar-refractivity contribution in [1.82, 2.24) is 4.90 Å². The van der Waals surface area contributed by atoms with Gasteiger partial charge in [0.2, 0.25) is 5.76 Å². The second-order valence-electron chi connectivity index (χ2n) is 6.52. The molecular formula is C20H18N2O7S. The van der Waals surface area contributed by atoms with Crippen LogP contribution >= 0.6 is 0 Å². The van der Waals surface area contributed by atoms with Gasteiger partial charge in [-0.1, -0.05) is 18.2 Å². The summed E-state index contributed by atoms with van der Waals surface area (Å²) in [5.74, 6) is -1.57. The molecule has 30 heavy (non-hydrogen) atoms. The largest absolute Gasteiger partial charge is 0.460 e. The molecule has 3 heterocycles. The highest BCUT2D eigenvalue weighted by atomic mass is 32.2. The van der Waals surface area contributed by atoms with Gasteiger partial charge in [0.15, 0.2) is 5.84 Å². The summed E-state index contributed by atoms with van der Waals surface area (Å²) in [6.07, 6.45) is 4.70. The molecule has 0 bridgehead atoms. The van der Waals surface area contributed by atoms with Crippen molar-refractivity contribution in [3.63, 3.8) is 0 Å². The van der Waals surface area contributed by atoms with Gasteiger partial charge in [-0.2, -0.15) is 0 Å². The second kappa shape index (κ2) is 7.79. The number of fused-ring (bicyclic) bond motifs is 2. The molecule has 156 valence electrons. The molecule has 1 aromatic heterocycles. The number of sulfonamides is 1. The summed E-state index contributed by atoms with van der Waals surface area (Å²) in [5.41, 5.74) is 0.853. The zero-order valence-corrected chi connectivity index (χ0v) is 16.8. The Labute approximate surface area is 172 Å². The zero-order valence-electron chi connectivity index (χ0n) is 16.0. The van der Waals surface area contributed by atoms with Crippen LogP contribution in [0.5, 0.6) is 0 Å². The molecule has 0 N–H and O–H groups in total. The van der Waals surface area contributed by atoms with E-state index < -0.39 is 22.0 Å². The second-order valence-corrected chi connectivity index (χ2v) is 8.27. The molecule has 0 unspecified atom stereocenters. The normalized spacial score (nSPS) is 17.2. The van der Waals surface area contributed by atoms with E-state index in [9.17, 15) is 18.0 Å². The van der Waals surface area contributed by atoms with Crippen molar-refractivity contribution >= 4 is 38.8 Å². The highest BCUT2D eigenvalue weighted by Gasteiger charge is 2.31. The molecule has 9 nitrogen and oxygen atoms in total. The Bertz CT molecular complexity index is 1220. The Balaban J connectivity index is 1.61. The van der Waals surface area contributed by atoms with Gasteiger partial charge < -0.3 is 18.8 Å². The molecule has 0 aliphatic carbocycles. The van der Waals surface area contributed by atoms with E-state index in [0.717, 1.165) is 0 Å². The molecule has 2 aliphatic rings. The van der Waals surface area contributed by atoms with Gasteiger partial charge in [0.25, 0.3) is 10.0 Å². The van der Waals surface area contributed by atoms with E-state index in [2.05, 4.69) is 4.40 Å². The van der Waals surface area contributed by atoms with E-state index in [4.69, 9.17) is 13.9 Å². The number of hydrogen-bond acceptors (Lipinski definition) is 8. The monoisotopic (exact) mass is 430 g/mol. The van der Waals surface area contributed by atoms with E-state index in [1.54, 1.807) is 48.4 Å². The number of ether oxygens (including phenoxy) is 2. The van der Waals surface area contributed by atoms with Crippen LogP contribution in [0.4, 0.5) is 0 Å². The number of nitrogens with zero attached hydrogens (tertiary/aromatic N) is 2. The summed E-state index contributed by atoms with van der Waals surface area (Å²) in [5, 5.41) is 0.616. The van der Waals surface area contributed by atoms with Crippen LogP contribution in [0.15, 0.2) is 57.0 Å². The Morgan fingerprint density at radius 2 is 2.00 bits per heavy atom. The molecule has 2 aromatic rings. The lowest BCUT2D eigenvalue weighted by Crippen LogP contribution is -2.40. The molecule has 0 radical (unpaired) electrons. The maximum atomic E-state index is 12.7. The van der Waals surface area contributed by atoms with Crippen molar-refractivity contribution in [3.8, 4) is 0 Å². The van der Waals surface area contributed by atoms with Crippen LogP contribution in [0.1, 0.15) is 23.0 Å². The summed E-state index contributed by atoms with van der Waals surface area (Å²) < 4.78 is 43.5. The molecule has 0 saturated carbocycles. The standard InChI is InChI=1S/C20H18N2O7S/c1-2-27-20(24)17-15(13-6-3-4-8-16(13)29-17)12-28-19(23)14-7-5-9-22-10-11-30(25,26)21-18(14)22/h3-9H,2,10-12H2,1H3. The van der Waals surface area contributed by atoms with Crippen molar-refractivity contribution in [2.75, 3.05) is 18.9 Å². The molecule has 0 fully saturated rings. The molecule has 0 spiro atoms. The van der Waals surface area contributed by atoms with Crippen LogP contribution in [-0.4, -0.2) is 50.0 Å². The predicted octanol–water partition coefficient (Wildman–Crippen LogP) is 2.15. The van der Waals surface area contributed by atoms with Gasteiger partial charge in [0.05, 0.1) is 17.9 Å². The lowest BCUT2D eigenvalue weighted by molar-refractivity contribution is -0.139. The number of para-hydroxylation sites is 1. The third kappa shape index (κ3) is 3.73. The molecular weight excluding hydrogens is 412 g/mol. The lowest BCUT2D eigenvalue weighted by Gasteiger charge is -2.28. The van der Waals surface area contributed by atoms with Crippen LogP contribution in [0, 0.1) is 0 Å². The molecule has 2 aliphatic heterocycles. The fourth-order valence-electron chi connectivity index (χ4n) is 3.19. The number of hydrogen-bond donors (Lipinski definition) is 0. The zero-order chi connectivity index (χ0) is 21.3. The number of carbonyl (C=O) groups is 2. The number of carbonyl (C=O) groups excluding carboxylic acids is 2. The fourth-order valence-corrected chi connectivity index (χ4v) is 4.18. The Kier molecular flexibility index (Phi) is 5.17. The van der Waals surface area contributed by atoms with Crippen molar-refractivity contribution in [3.05, 3.63) is 59.5 Å². The first-order valence-corrected chi connectivity index (χ1v) is 10.8. The fraction of sp³-hybridized carbons (Fsp3) is 0.250. The Morgan fingerprint density at radius 3 is 2.80 bits per heavy atom. The first-order valence-electron chi connectivity index (χ1n) is 9.22. The first kappa shape index (κ1) is 19.9. The number of furan rings is 1. The summed E-state index contributed by atoms with van der Waals surface area (Å²) in [6.45, 7) is 1.78. The maximum Gasteiger partial charge on any atom is 0.374 e. The van der Waals surface area contributed by atoms with E-state index in [1.165, 1.54) is 6.08 Å². The number of benzene rings is 1. The van der Waals surface area contributed by atoms with Crippen molar-refractivity contribution < 1.29 is 31.9 Å². The quantitative estimate of drug-likeness (QED) is 0.663.